The van der Waals surface area contributed by atoms with Crippen LogP contribution in [0.2, 0.25) is 5.02 Å². The normalized spacial score (nSPS) is 23.0. The molecule has 0 aromatic heterocycles. The van der Waals surface area contributed by atoms with Gasteiger partial charge in [-0.05, 0) is 50.6 Å². The molecule has 0 N–H and O–H groups in total. The number of benzene rings is 1. The van der Waals surface area contributed by atoms with Crippen LogP contribution in [0.15, 0.2) is 18.2 Å². The Morgan fingerprint density at radius 1 is 1.26 bits per heavy atom. The maximum absolute atomic E-state index is 13.2. The van der Waals surface area contributed by atoms with Crippen LogP contribution in [0, 0.1) is 5.82 Å². The monoisotopic (exact) mass is 340 g/mol. The number of nitrogens with zero attached hydrogens (tertiary/aromatic N) is 2. The summed E-state index contributed by atoms with van der Waals surface area (Å²) in [6, 6.07) is 3.92. The van der Waals surface area contributed by atoms with Crippen LogP contribution < -0.4 is 0 Å². The van der Waals surface area contributed by atoms with Crippen LogP contribution in [0.1, 0.15) is 29.6 Å². The van der Waals surface area contributed by atoms with E-state index in [1.807, 2.05) is 0 Å². The minimum absolute atomic E-state index is 0.0266. The first-order chi connectivity index (χ1) is 11.1. The number of halogens is 2. The number of rotatable bonds is 3. The van der Waals surface area contributed by atoms with Gasteiger partial charge in [-0.25, -0.2) is 4.39 Å². The predicted octanol–water partition coefficient (Wildman–Crippen LogP) is 2.81. The summed E-state index contributed by atoms with van der Waals surface area (Å²) in [6.45, 7) is 4.95. The minimum atomic E-state index is -0.433. The highest BCUT2D eigenvalue weighted by molar-refractivity contribution is 6.33. The van der Waals surface area contributed by atoms with Gasteiger partial charge in [0.1, 0.15) is 5.82 Å². The van der Waals surface area contributed by atoms with E-state index in [-0.39, 0.29) is 17.0 Å². The molecule has 2 aliphatic rings. The molecule has 2 saturated heterocycles. The van der Waals surface area contributed by atoms with Gasteiger partial charge in [-0.2, -0.15) is 0 Å². The third-order valence-electron chi connectivity index (χ3n) is 4.46. The van der Waals surface area contributed by atoms with Crippen LogP contribution in [0.25, 0.3) is 0 Å². The molecule has 0 bridgehead atoms. The molecular weight excluding hydrogens is 319 g/mol. The first-order valence-corrected chi connectivity index (χ1v) is 8.59. The van der Waals surface area contributed by atoms with Crippen molar-refractivity contribution < 1.29 is 13.9 Å². The summed E-state index contributed by atoms with van der Waals surface area (Å²) in [5.74, 6) is -0.579. The Hall–Kier alpha value is -1.17. The zero-order chi connectivity index (χ0) is 16.2. The van der Waals surface area contributed by atoms with Gasteiger partial charge in [0.15, 0.2) is 0 Å². The number of carbonyl (C=O) groups is 1. The van der Waals surface area contributed by atoms with Gasteiger partial charge >= 0.3 is 0 Å². The first kappa shape index (κ1) is 16.7. The molecule has 0 aliphatic carbocycles. The first-order valence-electron chi connectivity index (χ1n) is 8.22. The zero-order valence-corrected chi connectivity index (χ0v) is 13.9. The largest absolute Gasteiger partial charge is 0.375 e. The fourth-order valence-electron chi connectivity index (χ4n) is 3.28. The van der Waals surface area contributed by atoms with Crippen molar-refractivity contribution in [3.8, 4) is 0 Å². The minimum Gasteiger partial charge on any atom is -0.375 e. The fraction of sp³-hybridized carbons (Fsp3) is 0.588. The lowest BCUT2D eigenvalue weighted by atomic mass is 10.1. The summed E-state index contributed by atoms with van der Waals surface area (Å²) in [5, 5.41) is 0.163. The molecule has 0 spiro atoms. The topological polar surface area (TPSA) is 32.8 Å². The molecule has 2 fully saturated rings. The van der Waals surface area contributed by atoms with E-state index >= 15 is 0 Å². The van der Waals surface area contributed by atoms with Crippen molar-refractivity contribution in [3.05, 3.63) is 34.6 Å². The highest BCUT2D eigenvalue weighted by Crippen LogP contribution is 2.21. The molecule has 0 saturated carbocycles. The molecule has 0 radical (unpaired) electrons. The molecule has 1 aromatic carbocycles. The third-order valence-corrected chi connectivity index (χ3v) is 4.77. The average molecular weight is 341 g/mol. The molecule has 3 rings (SSSR count). The fourth-order valence-corrected chi connectivity index (χ4v) is 3.52. The van der Waals surface area contributed by atoms with Crippen molar-refractivity contribution in [1.82, 2.24) is 9.80 Å². The van der Waals surface area contributed by atoms with Gasteiger partial charge in [0.05, 0.1) is 16.7 Å². The molecule has 2 aliphatic heterocycles. The lowest BCUT2D eigenvalue weighted by Gasteiger charge is -2.27. The standard InChI is InChI=1S/C17H22ClFN2O2/c18-16-10-13(19)4-5-15(16)17(22)21-8-3-9-23-14(12-21)11-20-6-1-2-7-20/h4-5,10,14H,1-3,6-9,11-12H2/t14-/m0/s1. The lowest BCUT2D eigenvalue weighted by Crippen LogP contribution is -2.42. The van der Waals surface area contributed by atoms with Crippen molar-refractivity contribution in [2.45, 2.75) is 25.4 Å². The lowest BCUT2D eigenvalue weighted by molar-refractivity contribution is 0.0297. The molecule has 1 amide bonds. The Bertz CT molecular complexity index is 564. The summed E-state index contributed by atoms with van der Waals surface area (Å²) >= 11 is 6.03. The third kappa shape index (κ3) is 4.22. The SMILES string of the molecule is O=C(c1ccc(F)cc1Cl)N1CCCO[C@@H](CN2CCCC2)C1. The molecule has 126 valence electrons. The van der Waals surface area contributed by atoms with E-state index in [9.17, 15) is 9.18 Å². The number of amides is 1. The maximum atomic E-state index is 13.2. The highest BCUT2D eigenvalue weighted by atomic mass is 35.5. The second-order valence-corrected chi connectivity index (χ2v) is 6.64. The predicted molar refractivity (Wildman–Crippen MR) is 87.3 cm³/mol. The van der Waals surface area contributed by atoms with E-state index in [1.54, 1.807) is 4.90 Å². The Morgan fingerprint density at radius 3 is 2.78 bits per heavy atom. The second kappa shape index (κ2) is 7.60. The quantitative estimate of drug-likeness (QED) is 0.848. The van der Waals surface area contributed by atoms with Gasteiger partial charge in [0.2, 0.25) is 0 Å². The van der Waals surface area contributed by atoms with Crippen LogP contribution in [0.4, 0.5) is 4.39 Å². The van der Waals surface area contributed by atoms with Gasteiger partial charge in [-0.1, -0.05) is 11.6 Å². The van der Waals surface area contributed by atoms with Gasteiger partial charge in [-0.3, -0.25) is 4.79 Å². The van der Waals surface area contributed by atoms with Crippen molar-refractivity contribution in [2.24, 2.45) is 0 Å². The number of hydrogen-bond donors (Lipinski definition) is 0. The van der Waals surface area contributed by atoms with Crippen molar-refractivity contribution in [1.29, 1.82) is 0 Å². The summed E-state index contributed by atoms with van der Waals surface area (Å²) in [7, 11) is 0. The van der Waals surface area contributed by atoms with Gasteiger partial charge in [0, 0.05) is 26.2 Å². The Balaban J connectivity index is 1.68. The Kier molecular flexibility index (Phi) is 5.51. The van der Waals surface area contributed by atoms with E-state index < -0.39 is 5.82 Å². The Morgan fingerprint density at radius 2 is 2.04 bits per heavy atom. The smallest absolute Gasteiger partial charge is 0.255 e. The summed E-state index contributed by atoms with van der Waals surface area (Å²) in [5.41, 5.74) is 0.356. The summed E-state index contributed by atoms with van der Waals surface area (Å²) in [6.07, 6.45) is 3.31. The van der Waals surface area contributed by atoms with E-state index in [4.69, 9.17) is 16.3 Å². The van der Waals surface area contributed by atoms with Crippen LogP contribution in [-0.2, 0) is 4.74 Å². The van der Waals surface area contributed by atoms with Crippen LogP contribution in [0.5, 0.6) is 0 Å². The zero-order valence-electron chi connectivity index (χ0n) is 13.1. The molecular formula is C17H22ClFN2O2. The highest BCUT2D eigenvalue weighted by Gasteiger charge is 2.27. The molecule has 4 nitrogen and oxygen atoms in total. The van der Waals surface area contributed by atoms with E-state index in [2.05, 4.69) is 4.90 Å². The molecule has 6 heteroatoms. The van der Waals surface area contributed by atoms with Crippen molar-refractivity contribution in [2.75, 3.05) is 39.3 Å². The Labute approximate surface area is 141 Å². The molecule has 1 atom stereocenters. The van der Waals surface area contributed by atoms with Crippen molar-refractivity contribution >= 4 is 17.5 Å². The van der Waals surface area contributed by atoms with Gasteiger partial charge < -0.3 is 14.5 Å². The average Bonchev–Trinajstić information content (AvgIpc) is 2.91. The molecule has 1 aromatic rings. The van der Waals surface area contributed by atoms with Crippen molar-refractivity contribution in [3.63, 3.8) is 0 Å². The number of ether oxygens (including phenoxy) is 1. The van der Waals surface area contributed by atoms with Crippen LogP contribution in [-0.4, -0.2) is 61.1 Å². The van der Waals surface area contributed by atoms with Crippen LogP contribution in [0.3, 0.4) is 0 Å². The summed E-state index contributed by atoms with van der Waals surface area (Å²) < 4.78 is 19.1. The number of hydrogen-bond acceptors (Lipinski definition) is 3. The summed E-state index contributed by atoms with van der Waals surface area (Å²) in [4.78, 5) is 16.9. The van der Waals surface area contributed by atoms with Gasteiger partial charge in [-0.15, -0.1) is 0 Å². The van der Waals surface area contributed by atoms with E-state index in [1.165, 1.54) is 31.0 Å². The number of likely N-dealkylation sites (tertiary alicyclic amines) is 1. The maximum Gasteiger partial charge on any atom is 0.255 e. The van der Waals surface area contributed by atoms with Gasteiger partial charge in [0.25, 0.3) is 5.91 Å². The molecule has 2 heterocycles. The van der Waals surface area contributed by atoms with E-state index in [0.29, 0.717) is 25.3 Å². The van der Waals surface area contributed by atoms with E-state index in [0.717, 1.165) is 26.1 Å². The molecule has 23 heavy (non-hydrogen) atoms. The number of carbonyl (C=O) groups excluding carboxylic acids is 1. The second-order valence-electron chi connectivity index (χ2n) is 6.23. The molecule has 0 unspecified atom stereocenters. The van der Waals surface area contributed by atoms with Crippen LogP contribution >= 0.6 is 11.6 Å².